The molecule has 0 radical (unpaired) electrons. The Morgan fingerprint density at radius 1 is 0.863 bits per heavy atom. The van der Waals surface area contributed by atoms with Crippen LogP contribution in [0.3, 0.4) is 0 Å². The summed E-state index contributed by atoms with van der Waals surface area (Å²) in [5.74, 6) is 3.94. The van der Waals surface area contributed by atoms with E-state index in [1.807, 2.05) is 30.3 Å². The molecular weight excluding hydrogens is 678 g/mol. The number of fused-ring (bicyclic) bond motifs is 4. The second kappa shape index (κ2) is 16.8. The number of benzene rings is 3. The van der Waals surface area contributed by atoms with E-state index in [0.717, 1.165) is 73.6 Å². The predicted octanol–water partition coefficient (Wildman–Crippen LogP) is 1.63. The Kier molecular flexibility index (Phi) is 12.7. The smallest absolute Gasteiger partial charge is 0.240 e. The van der Waals surface area contributed by atoms with Gasteiger partial charge in [0, 0.05) is 25.7 Å². The predicted molar refractivity (Wildman–Crippen MR) is 182 cm³/mol. The zero-order valence-corrected chi connectivity index (χ0v) is 30.8. The molecule has 3 N–H and O–H groups in total. The highest BCUT2D eigenvalue weighted by Gasteiger charge is 2.42. The second-order valence-corrected chi connectivity index (χ2v) is 14.3. The third-order valence-corrected chi connectivity index (χ3v) is 10.7. The Morgan fingerprint density at radius 2 is 1.39 bits per heavy atom. The van der Waals surface area contributed by atoms with Crippen LogP contribution < -0.4 is 38.7 Å². The summed E-state index contributed by atoms with van der Waals surface area (Å²) in [5, 5.41) is 0. The molecule has 0 aromatic heterocycles. The van der Waals surface area contributed by atoms with Gasteiger partial charge in [-0.15, -0.1) is 0 Å². The number of amides is 1. The fourth-order valence-electron chi connectivity index (χ4n) is 8.26. The summed E-state index contributed by atoms with van der Waals surface area (Å²) in [4.78, 5) is 19.0. The molecule has 13 heteroatoms. The Bertz CT molecular complexity index is 1630. The van der Waals surface area contributed by atoms with Crippen LogP contribution in [0.4, 0.5) is 0 Å². The van der Waals surface area contributed by atoms with Crippen LogP contribution >= 0.6 is 0 Å². The van der Waals surface area contributed by atoms with Gasteiger partial charge in [-0.2, -0.15) is 14.0 Å². The average molecular weight is 728 g/mol. The minimum Gasteiger partial charge on any atom is -0.493 e. The Labute approximate surface area is 302 Å². The maximum absolute atomic E-state index is 14.2. The number of nitrogens with two attached hydrogens (primary N) is 1. The molecular formula is C38H50ClN3O9. The normalized spacial score (nSPS) is 22.0. The first-order valence-corrected chi connectivity index (χ1v) is 18.6. The summed E-state index contributed by atoms with van der Waals surface area (Å²) in [6.45, 7) is 5.03. The van der Waals surface area contributed by atoms with Crippen molar-refractivity contribution in [1.29, 1.82) is 0 Å². The van der Waals surface area contributed by atoms with Crippen molar-refractivity contribution in [2.45, 2.75) is 63.6 Å². The quantitative estimate of drug-likeness (QED) is 0.311. The summed E-state index contributed by atoms with van der Waals surface area (Å²) in [5.41, 5.74) is 12.8. The molecule has 3 aliphatic heterocycles. The molecule has 3 aromatic rings. The number of halogens is 1. The van der Waals surface area contributed by atoms with Gasteiger partial charge < -0.3 is 29.6 Å². The van der Waals surface area contributed by atoms with Crippen molar-refractivity contribution < 1.29 is 52.6 Å². The first-order valence-electron chi connectivity index (χ1n) is 17.4. The molecule has 0 aliphatic carbocycles. The zero-order valence-electron chi connectivity index (χ0n) is 30.0. The Morgan fingerprint density at radius 3 is 1.96 bits per heavy atom. The van der Waals surface area contributed by atoms with Crippen molar-refractivity contribution in [3.63, 3.8) is 0 Å². The van der Waals surface area contributed by atoms with Crippen LogP contribution in [0.1, 0.15) is 66.1 Å². The number of piperidine rings is 1. The molecule has 1 unspecified atom stereocenters. The van der Waals surface area contributed by atoms with E-state index in [1.165, 1.54) is 16.7 Å². The summed E-state index contributed by atoms with van der Waals surface area (Å²) in [6.07, 6.45) is 5.27. The van der Waals surface area contributed by atoms with Gasteiger partial charge >= 0.3 is 0 Å². The van der Waals surface area contributed by atoms with Gasteiger partial charge in [-0.25, -0.2) is 0 Å². The van der Waals surface area contributed by atoms with Crippen LogP contribution in [0.2, 0.25) is 0 Å². The Hall–Kier alpha value is -3.62. The van der Waals surface area contributed by atoms with E-state index < -0.39 is 16.3 Å². The standard InChI is InChI=1S/C38H49N3O5.ClHO4/c1-6-25-23-40-14-12-26-19-34(43-2)36(45-4)21-29(26)32(40)17-28(25)18-33-30-22-37(46-5)35(44-3)20-27(30)13-15-41(33)38(42)31(39)16-24-10-8-7-9-11-24;2-1(3,4)5/h7-11,19-22,25,28,31-33H,6,12-18,23,39H2,1-5H3;(H,2,3,4,5)/t25-,28+,31?,32-,33+;/m0./s1. The maximum Gasteiger partial charge on any atom is 0.240 e. The van der Waals surface area contributed by atoms with E-state index in [2.05, 4.69) is 41.0 Å². The summed E-state index contributed by atoms with van der Waals surface area (Å²) < 4.78 is 55.6. The van der Waals surface area contributed by atoms with E-state index >= 15 is 0 Å². The summed E-state index contributed by atoms with van der Waals surface area (Å²) in [7, 11) is 2.06. The van der Waals surface area contributed by atoms with Crippen LogP contribution in [-0.4, -0.2) is 74.5 Å². The van der Waals surface area contributed by atoms with E-state index in [1.54, 1.807) is 28.4 Å². The van der Waals surface area contributed by atoms with Gasteiger partial charge in [0.2, 0.25) is 5.91 Å². The molecule has 0 saturated carbocycles. The van der Waals surface area contributed by atoms with E-state index in [4.69, 9.17) is 43.3 Å². The number of carbonyl (C=O) groups is 1. The van der Waals surface area contributed by atoms with E-state index in [-0.39, 0.29) is 11.9 Å². The van der Waals surface area contributed by atoms with Gasteiger partial charge in [0.15, 0.2) is 23.0 Å². The first-order chi connectivity index (χ1) is 24.4. The van der Waals surface area contributed by atoms with Crippen LogP contribution in [-0.2, 0) is 24.1 Å². The van der Waals surface area contributed by atoms with Crippen molar-refractivity contribution in [3.05, 3.63) is 82.4 Å². The van der Waals surface area contributed by atoms with Crippen molar-refractivity contribution in [3.8, 4) is 23.0 Å². The average Bonchev–Trinajstić information content (AvgIpc) is 3.12. The largest absolute Gasteiger partial charge is 0.493 e. The topological polar surface area (TPSA) is 176 Å². The minimum atomic E-state index is -4.69. The second-order valence-electron chi connectivity index (χ2n) is 13.5. The van der Waals surface area contributed by atoms with Crippen LogP contribution in [0.15, 0.2) is 54.6 Å². The first kappa shape index (κ1) is 38.6. The van der Waals surface area contributed by atoms with E-state index in [0.29, 0.717) is 36.6 Å². The van der Waals surface area contributed by atoms with Crippen molar-refractivity contribution in [1.82, 2.24) is 9.80 Å². The van der Waals surface area contributed by atoms with Crippen molar-refractivity contribution in [2.24, 2.45) is 17.6 Å². The molecule has 0 spiro atoms. The molecule has 12 nitrogen and oxygen atoms in total. The zero-order chi connectivity index (χ0) is 36.9. The lowest BCUT2D eigenvalue weighted by atomic mass is 9.72. The number of nitrogens with zero attached hydrogens (tertiary/aromatic N) is 2. The van der Waals surface area contributed by atoms with Crippen LogP contribution in [0.25, 0.3) is 0 Å². The van der Waals surface area contributed by atoms with Gasteiger partial charge in [-0.1, -0.05) is 43.7 Å². The lowest BCUT2D eigenvalue weighted by Crippen LogP contribution is -2.58. The molecule has 3 aliphatic rings. The van der Waals surface area contributed by atoms with Crippen LogP contribution in [0.5, 0.6) is 23.0 Å². The number of rotatable bonds is 10. The monoisotopic (exact) mass is 727 g/mol. The highest BCUT2D eigenvalue weighted by molar-refractivity contribution is 5.83. The number of hydrogen-bond acceptors (Lipinski definition) is 11. The lowest BCUT2D eigenvalue weighted by molar-refractivity contribution is -1.92. The SMILES string of the molecule is CC[C@H]1CN2CCc3cc(OC)c(OC)cc3[C@@H]2C[C@@H]1C[C@@H]1c2cc(OC)c(OC)cc2CCN1C(=O)C(N)Cc1ccccc1.[O-][Cl+3]([O-])([O-])O. The third kappa shape index (κ3) is 9.07. The van der Waals surface area contributed by atoms with Gasteiger partial charge in [-0.05, 0) is 96.0 Å². The van der Waals surface area contributed by atoms with Crippen LogP contribution in [0, 0.1) is 22.1 Å². The molecule has 1 amide bonds. The number of carbonyl (C=O) groups excluding carboxylic acids is 1. The van der Waals surface area contributed by atoms with Gasteiger partial charge in [0.05, 0.1) is 55.4 Å². The molecule has 5 atom stereocenters. The Balaban J connectivity index is 0.000000943. The fourth-order valence-corrected chi connectivity index (χ4v) is 8.26. The third-order valence-electron chi connectivity index (χ3n) is 10.7. The van der Waals surface area contributed by atoms with Crippen molar-refractivity contribution >= 4 is 5.91 Å². The van der Waals surface area contributed by atoms with Gasteiger partial charge in [0.1, 0.15) is 0 Å². The van der Waals surface area contributed by atoms with Gasteiger partial charge in [0.25, 0.3) is 0 Å². The summed E-state index contributed by atoms with van der Waals surface area (Å²) in [6, 6.07) is 18.2. The summed E-state index contributed by atoms with van der Waals surface area (Å²) >= 11 is 0. The highest BCUT2D eigenvalue weighted by atomic mass is 35.7. The molecule has 278 valence electrons. The van der Waals surface area contributed by atoms with E-state index in [9.17, 15) is 4.79 Å². The molecule has 1 fully saturated rings. The molecule has 1 saturated heterocycles. The fraction of sp³-hybridized carbons (Fsp3) is 0.500. The molecule has 3 heterocycles. The highest BCUT2D eigenvalue weighted by Crippen LogP contribution is 2.49. The minimum absolute atomic E-state index is 0.0135. The molecule has 51 heavy (non-hydrogen) atoms. The number of hydrogen-bond donors (Lipinski definition) is 2. The molecule has 3 aromatic carbocycles. The molecule has 0 bridgehead atoms. The van der Waals surface area contributed by atoms with Gasteiger partial charge in [-0.3, -0.25) is 9.69 Å². The number of methoxy groups -OCH3 is 4. The maximum atomic E-state index is 14.2. The number of ether oxygens (including phenoxy) is 4. The van der Waals surface area contributed by atoms with Crippen molar-refractivity contribution in [2.75, 3.05) is 48.1 Å². The molecule has 6 rings (SSSR count). The lowest BCUT2D eigenvalue weighted by Gasteiger charge is -2.49.